The van der Waals surface area contributed by atoms with E-state index >= 15 is 0 Å². The summed E-state index contributed by atoms with van der Waals surface area (Å²) in [7, 11) is 0. The zero-order valence-corrected chi connectivity index (χ0v) is 12.7. The lowest BCUT2D eigenvalue weighted by atomic mass is 9.90. The lowest BCUT2D eigenvalue weighted by Crippen LogP contribution is -2.45. The Kier molecular flexibility index (Phi) is 3.29. The van der Waals surface area contributed by atoms with E-state index in [4.69, 9.17) is 34.8 Å². The maximum absolute atomic E-state index is 10.9. The first kappa shape index (κ1) is 13.9. The van der Waals surface area contributed by atoms with Crippen molar-refractivity contribution in [3.05, 3.63) is 12.7 Å². The molecule has 2 aliphatic carbocycles. The van der Waals surface area contributed by atoms with Crippen molar-refractivity contribution in [3.63, 3.8) is 0 Å². The molecule has 0 bridgehead atoms. The predicted octanol–water partition coefficient (Wildman–Crippen LogP) is 2.75. The van der Waals surface area contributed by atoms with E-state index in [-0.39, 0.29) is 5.92 Å². The molecular formula is C12H16Cl3N3O. The molecule has 2 fully saturated rings. The average molecular weight is 325 g/mol. The molecule has 0 saturated heterocycles. The molecule has 1 aromatic rings. The molecule has 0 aromatic carbocycles. The summed E-state index contributed by atoms with van der Waals surface area (Å²) in [5.74, 6) is 0.261. The predicted molar refractivity (Wildman–Crippen MR) is 74.6 cm³/mol. The van der Waals surface area contributed by atoms with Gasteiger partial charge in [-0.05, 0) is 38.0 Å². The summed E-state index contributed by atoms with van der Waals surface area (Å²) < 4.78 is 1.03. The second-order valence-corrected chi connectivity index (χ2v) is 8.06. The molecule has 0 unspecified atom stereocenters. The third kappa shape index (κ3) is 2.73. The quantitative estimate of drug-likeness (QED) is 0.819. The lowest BCUT2D eigenvalue weighted by Gasteiger charge is -2.33. The lowest BCUT2D eigenvalue weighted by molar-refractivity contribution is -0.00374. The van der Waals surface area contributed by atoms with Crippen LogP contribution in [0.2, 0.25) is 0 Å². The SMILES string of the molecule is O[C@@](CC[C@@H]1CC1(Cl)Cl)(Cn1cncn1)C1(Cl)CC1. The fourth-order valence-corrected chi connectivity index (χ4v) is 3.44. The van der Waals surface area contributed by atoms with E-state index < -0.39 is 14.8 Å². The Morgan fingerprint density at radius 1 is 1.37 bits per heavy atom. The Bertz CT molecular complexity index is 461. The van der Waals surface area contributed by atoms with Crippen molar-refractivity contribution in [2.45, 2.75) is 53.5 Å². The van der Waals surface area contributed by atoms with E-state index in [0.717, 1.165) is 25.7 Å². The van der Waals surface area contributed by atoms with Gasteiger partial charge >= 0.3 is 0 Å². The molecule has 0 aliphatic heterocycles. The number of aromatic nitrogens is 3. The van der Waals surface area contributed by atoms with Gasteiger partial charge in [-0.1, -0.05) is 0 Å². The summed E-state index contributed by atoms with van der Waals surface area (Å²) >= 11 is 18.5. The van der Waals surface area contributed by atoms with Crippen molar-refractivity contribution >= 4 is 34.8 Å². The highest BCUT2D eigenvalue weighted by molar-refractivity contribution is 6.50. The minimum absolute atomic E-state index is 0.261. The smallest absolute Gasteiger partial charge is 0.137 e. The van der Waals surface area contributed by atoms with E-state index in [1.807, 2.05) is 0 Å². The molecule has 0 radical (unpaired) electrons. The maximum Gasteiger partial charge on any atom is 0.137 e. The van der Waals surface area contributed by atoms with Crippen LogP contribution >= 0.6 is 34.8 Å². The van der Waals surface area contributed by atoms with Gasteiger partial charge in [-0.15, -0.1) is 34.8 Å². The summed E-state index contributed by atoms with van der Waals surface area (Å²) in [5, 5.41) is 15.0. The van der Waals surface area contributed by atoms with Gasteiger partial charge in [0.25, 0.3) is 0 Å². The molecular weight excluding hydrogens is 309 g/mol. The Morgan fingerprint density at radius 2 is 2.05 bits per heavy atom. The van der Waals surface area contributed by atoms with Crippen molar-refractivity contribution in [1.29, 1.82) is 0 Å². The van der Waals surface area contributed by atoms with Crippen LogP contribution < -0.4 is 0 Å². The second kappa shape index (κ2) is 4.48. The molecule has 0 spiro atoms. The van der Waals surface area contributed by atoms with Gasteiger partial charge in [-0.25, -0.2) is 4.98 Å². The summed E-state index contributed by atoms with van der Waals surface area (Å²) in [6.07, 6.45) is 6.88. The molecule has 0 amide bonds. The fourth-order valence-electron chi connectivity index (χ4n) is 2.60. The van der Waals surface area contributed by atoms with Crippen molar-refractivity contribution in [2.24, 2.45) is 5.92 Å². The molecule has 19 heavy (non-hydrogen) atoms. The zero-order chi connectivity index (χ0) is 13.7. The van der Waals surface area contributed by atoms with E-state index in [1.165, 1.54) is 6.33 Å². The summed E-state index contributed by atoms with van der Waals surface area (Å²) in [6, 6.07) is 0. The van der Waals surface area contributed by atoms with Gasteiger partial charge < -0.3 is 5.11 Å². The number of halogens is 3. The molecule has 106 valence electrons. The Morgan fingerprint density at radius 3 is 2.53 bits per heavy atom. The van der Waals surface area contributed by atoms with Crippen LogP contribution in [0.4, 0.5) is 0 Å². The van der Waals surface area contributed by atoms with Gasteiger partial charge in [0.05, 0.1) is 11.4 Å². The summed E-state index contributed by atoms with van der Waals surface area (Å²) in [6.45, 7) is 0.362. The summed E-state index contributed by atoms with van der Waals surface area (Å²) in [5.41, 5.74) is -0.977. The minimum atomic E-state index is -0.977. The molecule has 3 rings (SSSR count). The van der Waals surface area contributed by atoms with Gasteiger partial charge in [-0.2, -0.15) is 5.10 Å². The normalized spacial score (nSPS) is 29.8. The molecule has 7 heteroatoms. The minimum Gasteiger partial charge on any atom is -0.386 e. The van der Waals surface area contributed by atoms with Crippen LogP contribution in [0, 0.1) is 5.92 Å². The van der Waals surface area contributed by atoms with Crippen LogP contribution in [0.1, 0.15) is 32.1 Å². The van der Waals surface area contributed by atoms with Crippen LogP contribution in [0.5, 0.6) is 0 Å². The highest BCUT2D eigenvalue weighted by Gasteiger charge is 2.59. The molecule has 1 heterocycles. The molecule has 2 aliphatic rings. The van der Waals surface area contributed by atoms with Crippen molar-refractivity contribution in [2.75, 3.05) is 0 Å². The van der Waals surface area contributed by atoms with Gasteiger partial charge in [0.15, 0.2) is 0 Å². The second-order valence-electron chi connectivity index (χ2n) is 5.79. The number of alkyl halides is 3. The molecule has 2 atom stereocenters. The molecule has 2 saturated carbocycles. The largest absolute Gasteiger partial charge is 0.386 e. The van der Waals surface area contributed by atoms with Gasteiger partial charge in [0, 0.05) is 0 Å². The fraction of sp³-hybridized carbons (Fsp3) is 0.833. The highest BCUT2D eigenvalue weighted by atomic mass is 35.5. The maximum atomic E-state index is 10.9. The first-order valence-electron chi connectivity index (χ1n) is 6.46. The van der Waals surface area contributed by atoms with Crippen molar-refractivity contribution in [1.82, 2.24) is 14.8 Å². The molecule has 4 nitrogen and oxygen atoms in total. The van der Waals surface area contributed by atoms with Crippen LogP contribution in [-0.2, 0) is 6.54 Å². The zero-order valence-electron chi connectivity index (χ0n) is 10.4. The number of nitrogens with zero attached hydrogens (tertiary/aromatic N) is 3. The topological polar surface area (TPSA) is 50.9 Å². The number of aliphatic hydroxyl groups is 1. The number of hydrogen-bond donors (Lipinski definition) is 1. The first-order valence-corrected chi connectivity index (χ1v) is 7.60. The van der Waals surface area contributed by atoms with Crippen LogP contribution in [0.15, 0.2) is 12.7 Å². The first-order chi connectivity index (χ1) is 8.85. The van der Waals surface area contributed by atoms with Gasteiger partial charge in [0.1, 0.15) is 22.6 Å². The third-order valence-corrected chi connectivity index (χ3v) is 5.93. The number of hydrogen-bond acceptors (Lipinski definition) is 3. The van der Waals surface area contributed by atoms with E-state index in [2.05, 4.69) is 10.1 Å². The Labute approximate surface area is 127 Å². The number of rotatable bonds is 6. The van der Waals surface area contributed by atoms with E-state index in [9.17, 15) is 5.11 Å². The van der Waals surface area contributed by atoms with E-state index in [0.29, 0.717) is 13.0 Å². The Hall–Kier alpha value is -0.0300. The van der Waals surface area contributed by atoms with Crippen LogP contribution in [0.25, 0.3) is 0 Å². The third-order valence-electron chi connectivity index (χ3n) is 4.28. The monoisotopic (exact) mass is 323 g/mol. The standard InChI is InChI=1S/C12H16Cl3N3O/c13-10(3-4-10)11(19,6-18-8-16-7-17-18)2-1-9-5-12(9,14)15/h7-9,19H,1-6H2/t9-,11+/m1/s1. The summed E-state index contributed by atoms with van der Waals surface area (Å²) in [4.78, 5) is 3.36. The Balaban J connectivity index is 1.67. The van der Waals surface area contributed by atoms with E-state index in [1.54, 1.807) is 11.0 Å². The molecule has 1 aromatic heterocycles. The van der Waals surface area contributed by atoms with Crippen LogP contribution in [-0.4, -0.2) is 34.7 Å². The van der Waals surface area contributed by atoms with Crippen molar-refractivity contribution < 1.29 is 5.11 Å². The molecule has 1 N–H and O–H groups in total. The average Bonchev–Trinajstić information content (AvgIpc) is 3.14. The van der Waals surface area contributed by atoms with Crippen LogP contribution in [0.3, 0.4) is 0 Å². The highest BCUT2D eigenvalue weighted by Crippen LogP contribution is 2.58. The van der Waals surface area contributed by atoms with Crippen molar-refractivity contribution in [3.8, 4) is 0 Å². The van der Waals surface area contributed by atoms with Gasteiger partial charge in [-0.3, -0.25) is 4.68 Å². The van der Waals surface area contributed by atoms with Gasteiger partial charge in [0.2, 0.25) is 0 Å².